The van der Waals surface area contributed by atoms with Crippen LogP contribution in [0.5, 0.6) is 5.75 Å². The lowest BCUT2D eigenvalue weighted by Gasteiger charge is -2.24. The fourth-order valence-corrected chi connectivity index (χ4v) is 2.93. The van der Waals surface area contributed by atoms with Crippen LogP contribution in [-0.4, -0.2) is 33.8 Å². The first-order valence-corrected chi connectivity index (χ1v) is 8.18. The molecule has 1 aromatic carbocycles. The summed E-state index contributed by atoms with van der Waals surface area (Å²) >= 11 is 0. The minimum atomic E-state index is -0.160. The number of aromatic nitrogens is 2. The maximum Gasteiger partial charge on any atom is 0.230 e. The molecule has 0 amide bonds. The highest BCUT2D eigenvalue weighted by molar-refractivity contribution is 6.04. The van der Waals surface area contributed by atoms with E-state index in [0.717, 1.165) is 34.5 Å². The van der Waals surface area contributed by atoms with Gasteiger partial charge in [-0.15, -0.1) is 0 Å². The zero-order valence-corrected chi connectivity index (χ0v) is 14.8. The molecule has 0 unspecified atom stereocenters. The highest BCUT2D eigenvalue weighted by Crippen LogP contribution is 2.24. The van der Waals surface area contributed by atoms with Crippen LogP contribution in [0.1, 0.15) is 39.8 Å². The molecule has 0 saturated heterocycles. The fraction of sp³-hybridized carbons (Fsp3) is 0.444. The number of rotatable bonds is 3. The molecule has 6 nitrogen and oxygen atoms in total. The minimum Gasteiger partial charge on any atom is -0.494 e. The smallest absolute Gasteiger partial charge is 0.230 e. The number of guanidine groups is 1. The van der Waals surface area contributed by atoms with E-state index in [1.807, 2.05) is 39.0 Å². The van der Waals surface area contributed by atoms with E-state index in [2.05, 4.69) is 39.1 Å². The number of nitrogens with zero attached hydrogens (tertiary/aromatic N) is 4. The van der Waals surface area contributed by atoms with Gasteiger partial charge in [-0.3, -0.25) is 5.32 Å². The molecule has 3 rings (SSSR count). The average Bonchev–Trinajstić information content (AvgIpc) is 2.46. The van der Waals surface area contributed by atoms with E-state index in [1.165, 1.54) is 0 Å². The van der Waals surface area contributed by atoms with Crippen LogP contribution in [0, 0.1) is 6.92 Å². The largest absolute Gasteiger partial charge is 0.494 e. The van der Waals surface area contributed by atoms with Crippen molar-refractivity contribution in [2.24, 2.45) is 9.98 Å². The van der Waals surface area contributed by atoms with Crippen LogP contribution in [-0.2, 0) is 0 Å². The summed E-state index contributed by atoms with van der Waals surface area (Å²) < 4.78 is 5.55. The zero-order valence-electron chi connectivity index (χ0n) is 14.8. The number of anilines is 1. The molecule has 1 aliphatic rings. The Bertz CT molecular complexity index is 839. The Morgan fingerprint density at radius 1 is 1.21 bits per heavy atom. The lowest BCUT2D eigenvalue weighted by Crippen LogP contribution is -2.30. The molecule has 0 spiro atoms. The summed E-state index contributed by atoms with van der Waals surface area (Å²) in [6, 6.07) is 5.84. The number of fused-ring (bicyclic) bond motifs is 1. The molecular formula is C18H23N5O. The van der Waals surface area contributed by atoms with Gasteiger partial charge in [0, 0.05) is 17.5 Å². The summed E-state index contributed by atoms with van der Waals surface area (Å²) in [4.78, 5) is 18.2. The zero-order chi connectivity index (χ0) is 17.3. The Hall–Kier alpha value is -2.50. The number of ether oxygens (including phenoxy) is 1. The molecule has 2 aromatic rings. The van der Waals surface area contributed by atoms with Crippen LogP contribution in [0.2, 0.25) is 0 Å². The van der Waals surface area contributed by atoms with E-state index in [0.29, 0.717) is 18.5 Å². The Kier molecular flexibility index (Phi) is 4.22. The number of hydrogen-bond donors (Lipinski definition) is 1. The van der Waals surface area contributed by atoms with Gasteiger partial charge in [0.1, 0.15) is 5.75 Å². The van der Waals surface area contributed by atoms with Crippen LogP contribution in [0.15, 0.2) is 28.2 Å². The molecule has 2 heterocycles. The molecule has 24 heavy (non-hydrogen) atoms. The summed E-state index contributed by atoms with van der Waals surface area (Å²) in [6.45, 7) is 10.8. The lowest BCUT2D eigenvalue weighted by molar-refractivity contribution is 0.340. The van der Waals surface area contributed by atoms with Crippen LogP contribution in [0.25, 0.3) is 10.9 Å². The average molecular weight is 325 g/mol. The van der Waals surface area contributed by atoms with Crippen LogP contribution < -0.4 is 10.1 Å². The molecule has 0 bridgehead atoms. The van der Waals surface area contributed by atoms with Crippen molar-refractivity contribution in [2.75, 3.05) is 11.9 Å². The summed E-state index contributed by atoms with van der Waals surface area (Å²) in [6.07, 6.45) is 0.857. The second-order valence-electron chi connectivity index (χ2n) is 6.64. The monoisotopic (exact) mass is 325 g/mol. The van der Waals surface area contributed by atoms with E-state index in [9.17, 15) is 0 Å². The summed E-state index contributed by atoms with van der Waals surface area (Å²) in [5, 5.41) is 4.13. The number of hydrogen-bond acceptors (Lipinski definition) is 6. The van der Waals surface area contributed by atoms with Gasteiger partial charge in [0.15, 0.2) is 0 Å². The SMILES string of the molecule is CCOc1ccc2nc(NC3=NC(C)(C)CC(C)=N3)nc(C)c2c1. The van der Waals surface area contributed by atoms with Crippen molar-refractivity contribution in [2.45, 2.75) is 46.6 Å². The van der Waals surface area contributed by atoms with Crippen molar-refractivity contribution < 1.29 is 4.74 Å². The van der Waals surface area contributed by atoms with Crippen molar-refractivity contribution in [1.82, 2.24) is 9.97 Å². The molecule has 0 saturated carbocycles. The number of nitrogens with one attached hydrogen (secondary N) is 1. The molecule has 6 heteroatoms. The van der Waals surface area contributed by atoms with Crippen molar-refractivity contribution in [1.29, 1.82) is 0 Å². The second kappa shape index (κ2) is 6.19. The van der Waals surface area contributed by atoms with E-state index in [4.69, 9.17) is 4.74 Å². The first-order chi connectivity index (χ1) is 11.4. The molecule has 0 radical (unpaired) electrons. The molecular weight excluding hydrogens is 302 g/mol. The van der Waals surface area contributed by atoms with Gasteiger partial charge in [-0.05, 0) is 52.8 Å². The Labute approximate surface area is 142 Å². The van der Waals surface area contributed by atoms with E-state index in [-0.39, 0.29) is 5.54 Å². The first kappa shape index (κ1) is 16.4. The van der Waals surface area contributed by atoms with Gasteiger partial charge in [0.05, 0.1) is 23.4 Å². The standard InChI is InChI=1S/C18H23N5O/c1-6-24-13-7-8-15-14(9-13)12(3)20-16(21-15)22-17-19-11(2)10-18(4,5)23-17/h7-9H,6,10H2,1-5H3,(H,20,21,22,23). The van der Waals surface area contributed by atoms with Crippen LogP contribution >= 0.6 is 0 Å². The Morgan fingerprint density at radius 2 is 2.00 bits per heavy atom. The first-order valence-electron chi connectivity index (χ1n) is 8.18. The summed E-state index contributed by atoms with van der Waals surface area (Å²) in [5.74, 6) is 1.90. The normalized spacial score (nSPS) is 16.5. The van der Waals surface area contributed by atoms with Crippen molar-refractivity contribution >= 4 is 28.5 Å². The third-order valence-corrected chi connectivity index (χ3v) is 3.79. The van der Waals surface area contributed by atoms with Crippen LogP contribution in [0.3, 0.4) is 0 Å². The predicted molar refractivity (Wildman–Crippen MR) is 98.3 cm³/mol. The second-order valence-corrected chi connectivity index (χ2v) is 6.64. The molecule has 0 aliphatic carbocycles. The predicted octanol–water partition coefficient (Wildman–Crippen LogP) is 3.75. The van der Waals surface area contributed by atoms with Crippen molar-refractivity contribution in [3.05, 3.63) is 23.9 Å². The summed E-state index contributed by atoms with van der Waals surface area (Å²) in [7, 11) is 0. The topological polar surface area (TPSA) is 71.8 Å². The molecule has 0 atom stereocenters. The quantitative estimate of drug-likeness (QED) is 0.933. The van der Waals surface area contributed by atoms with Gasteiger partial charge >= 0.3 is 0 Å². The molecule has 1 N–H and O–H groups in total. The maximum absolute atomic E-state index is 5.55. The third kappa shape index (κ3) is 3.53. The van der Waals surface area contributed by atoms with E-state index in [1.54, 1.807) is 0 Å². The molecule has 0 fully saturated rings. The minimum absolute atomic E-state index is 0.160. The third-order valence-electron chi connectivity index (χ3n) is 3.79. The molecule has 126 valence electrons. The number of benzene rings is 1. The molecule has 1 aromatic heterocycles. The Morgan fingerprint density at radius 3 is 2.71 bits per heavy atom. The van der Waals surface area contributed by atoms with Gasteiger partial charge in [-0.1, -0.05) is 0 Å². The molecule has 1 aliphatic heterocycles. The van der Waals surface area contributed by atoms with Gasteiger partial charge < -0.3 is 4.74 Å². The fourth-order valence-electron chi connectivity index (χ4n) is 2.93. The van der Waals surface area contributed by atoms with E-state index < -0.39 is 0 Å². The highest BCUT2D eigenvalue weighted by Gasteiger charge is 2.23. The maximum atomic E-state index is 5.55. The van der Waals surface area contributed by atoms with E-state index >= 15 is 0 Å². The van der Waals surface area contributed by atoms with Gasteiger partial charge in [-0.2, -0.15) is 0 Å². The number of aliphatic imine (C=N–C) groups is 2. The Balaban J connectivity index is 1.94. The van der Waals surface area contributed by atoms with Crippen molar-refractivity contribution in [3.63, 3.8) is 0 Å². The lowest BCUT2D eigenvalue weighted by atomic mass is 9.98. The van der Waals surface area contributed by atoms with Crippen molar-refractivity contribution in [3.8, 4) is 5.75 Å². The van der Waals surface area contributed by atoms with Gasteiger partial charge in [0.2, 0.25) is 11.9 Å². The van der Waals surface area contributed by atoms with Gasteiger partial charge in [-0.25, -0.2) is 20.0 Å². The highest BCUT2D eigenvalue weighted by atomic mass is 16.5. The van der Waals surface area contributed by atoms with Gasteiger partial charge in [0.25, 0.3) is 0 Å². The number of aryl methyl sites for hydroxylation is 1. The summed E-state index contributed by atoms with van der Waals surface area (Å²) in [5.41, 5.74) is 2.65. The van der Waals surface area contributed by atoms with Crippen LogP contribution in [0.4, 0.5) is 5.95 Å².